The number of aliphatic hydroxyl groups excluding tert-OH is 5. The number of hydrogen-bond acceptors (Lipinski definition) is 10. The molecule has 1 fully saturated rings. The lowest BCUT2D eigenvalue weighted by molar-refractivity contribution is -0.302. The largest absolute Gasteiger partial charge is 0.466 e. The van der Waals surface area contributed by atoms with Crippen molar-refractivity contribution in [1.29, 1.82) is 0 Å². The molecule has 0 saturated carbocycles. The van der Waals surface area contributed by atoms with E-state index in [9.17, 15) is 35.1 Å². The van der Waals surface area contributed by atoms with Crippen LogP contribution in [0.3, 0.4) is 0 Å². The minimum Gasteiger partial charge on any atom is -0.466 e. The van der Waals surface area contributed by atoms with E-state index in [0.717, 1.165) is 103 Å². The Kier molecular flexibility index (Phi) is 52.9. The van der Waals surface area contributed by atoms with Crippen LogP contribution < -0.4 is 5.32 Å². The molecule has 0 radical (unpaired) electrons. The Balaban J connectivity index is 2.06. The maximum atomic E-state index is 13.0. The zero-order valence-corrected chi connectivity index (χ0v) is 50.1. The molecule has 6 N–H and O–H groups in total. The lowest BCUT2D eigenvalue weighted by Gasteiger charge is -2.40. The van der Waals surface area contributed by atoms with E-state index in [4.69, 9.17) is 14.2 Å². The number of carbonyl (C=O) groups is 2. The summed E-state index contributed by atoms with van der Waals surface area (Å²) in [6, 6.07) is -0.819. The summed E-state index contributed by atoms with van der Waals surface area (Å²) in [7, 11) is 0. The lowest BCUT2D eigenvalue weighted by atomic mass is 9.99. The number of allylic oxidation sites excluding steroid dienone is 9. The lowest BCUT2D eigenvalue weighted by Crippen LogP contribution is -2.60. The van der Waals surface area contributed by atoms with Crippen molar-refractivity contribution in [2.45, 2.75) is 333 Å². The average molecular weight is 1100 g/mol. The van der Waals surface area contributed by atoms with Gasteiger partial charge >= 0.3 is 5.97 Å². The van der Waals surface area contributed by atoms with Crippen molar-refractivity contribution in [2.75, 3.05) is 19.8 Å². The van der Waals surface area contributed by atoms with Gasteiger partial charge in [-0.15, -0.1) is 0 Å². The molecule has 7 unspecified atom stereocenters. The molecule has 0 spiro atoms. The summed E-state index contributed by atoms with van der Waals surface area (Å²) in [5.41, 5.74) is 0. The first-order valence-electron chi connectivity index (χ1n) is 32.6. The second kappa shape index (κ2) is 56.2. The summed E-state index contributed by atoms with van der Waals surface area (Å²) >= 11 is 0. The second-order valence-electron chi connectivity index (χ2n) is 22.5. The molecule has 454 valence electrons. The van der Waals surface area contributed by atoms with Crippen molar-refractivity contribution in [1.82, 2.24) is 5.32 Å². The van der Waals surface area contributed by atoms with Crippen LogP contribution >= 0.6 is 0 Å². The Hall–Kier alpha value is -2.64. The van der Waals surface area contributed by atoms with Crippen LogP contribution in [-0.2, 0) is 23.8 Å². The average Bonchev–Trinajstić information content (AvgIpc) is 3.44. The van der Waals surface area contributed by atoms with Crippen molar-refractivity contribution in [3.8, 4) is 0 Å². The summed E-state index contributed by atoms with van der Waals surface area (Å²) in [4.78, 5) is 25.1. The normalized spacial score (nSPS) is 18.9. The molecule has 1 aliphatic heterocycles. The molecule has 0 aromatic rings. The van der Waals surface area contributed by atoms with Gasteiger partial charge in [-0.3, -0.25) is 9.59 Å². The SMILES string of the molecule is CCCC/C=C\C/C=C\CCCCCCCC(=O)OCCCCCCCCCCC/C=C\C/C=C\CCCCCCCCCC(=O)NC(COC1OC(CO)C(O)C(O)C1O)C(O)/C=C/CCCCCCCCCCCCC. The molecule has 1 saturated heterocycles. The van der Waals surface area contributed by atoms with E-state index in [1.54, 1.807) is 6.08 Å². The smallest absolute Gasteiger partial charge is 0.305 e. The van der Waals surface area contributed by atoms with E-state index < -0.39 is 49.5 Å². The standard InChI is InChI=1S/C67H121NO10/c1-3-5-7-9-11-13-15-17-31-35-39-43-47-51-55-63(72)76-56-52-48-44-40-36-32-28-26-24-22-20-18-19-21-23-25-27-30-34-38-42-46-50-54-62(71)68-59(58-77-67-66(75)65(74)64(73)61(57-69)78-67)60(70)53-49-45-41-37-33-29-16-14-12-10-8-6-4-2/h9,11,15,17-18,20-21,23,49,53,59-61,64-67,69-70,73-75H,3-8,10,12-14,16,19,22,24-48,50-52,54-58H2,1-2H3,(H,68,71)/b11-9-,17-15-,20-18-,23-21-,53-49+. The van der Waals surface area contributed by atoms with Crippen molar-refractivity contribution in [3.05, 3.63) is 60.8 Å². The molecule has 1 amide bonds. The minimum absolute atomic E-state index is 0.0199. The van der Waals surface area contributed by atoms with E-state index in [2.05, 4.69) is 67.8 Å². The van der Waals surface area contributed by atoms with Gasteiger partial charge in [0.2, 0.25) is 5.91 Å². The third kappa shape index (κ3) is 45.0. The van der Waals surface area contributed by atoms with Gasteiger partial charge in [-0.2, -0.15) is 0 Å². The number of hydrogen-bond donors (Lipinski definition) is 6. The summed E-state index contributed by atoms with van der Waals surface area (Å²) in [5.74, 6) is -0.212. The third-order valence-electron chi connectivity index (χ3n) is 15.1. The fourth-order valence-corrected chi connectivity index (χ4v) is 9.89. The topological polar surface area (TPSA) is 175 Å². The van der Waals surface area contributed by atoms with Crippen LogP contribution in [0, 0.1) is 0 Å². The van der Waals surface area contributed by atoms with E-state index >= 15 is 0 Å². The van der Waals surface area contributed by atoms with E-state index in [1.165, 1.54) is 161 Å². The van der Waals surface area contributed by atoms with Gasteiger partial charge in [0.1, 0.15) is 24.4 Å². The highest BCUT2D eigenvalue weighted by molar-refractivity contribution is 5.76. The zero-order valence-electron chi connectivity index (χ0n) is 50.1. The molecule has 0 aliphatic carbocycles. The Morgan fingerprint density at radius 2 is 0.872 bits per heavy atom. The highest BCUT2D eigenvalue weighted by Crippen LogP contribution is 2.23. The molecular formula is C67H121NO10. The van der Waals surface area contributed by atoms with Gasteiger partial charge in [-0.25, -0.2) is 0 Å². The second-order valence-corrected chi connectivity index (χ2v) is 22.5. The molecule has 1 rings (SSSR count). The highest BCUT2D eigenvalue weighted by atomic mass is 16.7. The Labute approximate surface area is 478 Å². The maximum Gasteiger partial charge on any atom is 0.305 e. The molecule has 7 atom stereocenters. The molecule has 11 heteroatoms. The van der Waals surface area contributed by atoms with Crippen LogP contribution in [-0.4, -0.2) is 100 Å². The Morgan fingerprint density at radius 3 is 1.33 bits per heavy atom. The number of ether oxygens (including phenoxy) is 3. The summed E-state index contributed by atoms with van der Waals surface area (Å²) in [5, 5.41) is 54.4. The van der Waals surface area contributed by atoms with Crippen molar-refractivity contribution < 1.29 is 49.3 Å². The van der Waals surface area contributed by atoms with E-state index in [-0.39, 0.29) is 18.5 Å². The molecule has 0 aromatic heterocycles. The molecule has 1 aliphatic rings. The number of esters is 1. The number of rotatable bonds is 56. The zero-order chi connectivity index (χ0) is 56.6. The third-order valence-corrected chi connectivity index (χ3v) is 15.1. The first-order chi connectivity index (χ1) is 38.2. The Morgan fingerprint density at radius 1 is 0.474 bits per heavy atom. The molecule has 0 aromatic carbocycles. The minimum atomic E-state index is -1.58. The molecular weight excluding hydrogens is 979 g/mol. The van der Waals surface area contributed by atoms with Crippen molar-refractivity contribution in [2.24, 2.45) is 0 Å². The predicted octanol–water partition coefficient (Wildman–Crippen LogP) is 15.8. The quantitative estimate of drug-likeness (QED) is 0.0195. The van der Waals surface area contributed by atoms with Crippen molar-refractivity contribution in [3.63, 3.8) is 0 Å². The first-order valence-corrected chi connectivity index (χ1v) is 32.6. The number of amides is 1. The van der Waals surface area contributed by atoms with Gasteiger partial charge in [0.15, 0.2) is 6.29 Å². The fourth-order valence-electron chi connectivity index (χ4n) is 9.89. The van der Waals surface area contributed by atoms with E-state index in [0.29, 0.717) is 19.4 Å². The maximum absolute atomic E-state index is 13.0. The molecule has 1 heterocycles. The monoisotopic (exact) mass is 1100 g/mol. The highest BCUT2D eigenvalue weighted by Gasteiger charge is 2.44. The van der Waals surface area contributed by atoms with Crippen LogP contribution in [0.1, 0.15) is 290 Å². The first kappa shape index (κ1) is 73.4. The Bertz CT molecular complexity index is 1480. The summed E-state index contributed by atoms with van der Waals surface area (Å²) in [6.07, 6.45) is 63.2. The number of unbranched alkanes of at least 4 members (excludes halogenated alkanes) is 34. The molecule has 78 heavy (non-hydrogen) atoms. The van der Waals surface area contributed by atoms with Gasteiger partial charge < -0.3 is 45.1 Å². The number of carbonyl (C=O) groups excluding carboxylic acids is 2. The number of aliphatic hydroxyl groups is 5. The van der Waals surface area contributed by atoms with E-state index in [1.807, 2.05) is 6.08 Å². The molecule has 11 nitrogen and oxygen atoms in total. The van der Waals surface area contributed by atoms with Gasteiger partial charge in [0, 0.05) is 12.8 Å². The van der Waals surface area contributed by atoms with Gasteiger partial charge in [-0.1, -0.05) is 248 Å². The predicted molar refractivity (Wildman–Crippen MR) is 324 cm³/mol. The van der Waals surface area contributed by atoms with Crippen LogP contribution in [0.15, 0.2) is 60.8 Å². The molecule has 0 bridgehead atoms. The van der Waals surface area contributed by atoms with Crippen LogP contribution in [0.25, 0.3) is 0 Å². The van der Waals surface area contributed by atoms with Crippen LogP contribution in [0.2, 0.25) is 0 Å². The summed E-state index contributed by atoms with van der Waals surface area (Å²) < 4.78 is 16.7. The number of nitrogens with one attached hydrogen (secondary N) is 1. The van der Waals surface area contributed by atoms with Gasteiger partial charge in [0.05, 0.1) is 32.0 Å². The van der Waals surface area contributed by atoms with Crippen LogP contribution in [0.5, 0.6) is 0 Å². The van der Waals surface area contributed by atoms with Gasteiger partial charge in [0.25, 0.3) is 0 Å². The van der Waals surface area contributed by atoms with Crippen molar-refractivity contribution >= 4 is 11.9 Å². The van der Waals surface area contributed by atoms with Crippen LogP contribution in [0.4, 0.5) is 0 Å². The fraction of sp³-hybridized carbons (Fsp3) is 0.821. The van der Waals surface area contributed by atoms with Gasteiger partial charge in [-0.05, 0) is 89.9 Å². The summed E-state index contributed by atoms with van der Waals surface area (Å²) in [6.45, 7) is 4.29.